The quantitative estimate of drug-likeness (QED) is 0.634. The van der Waals surface area contributed by atoms with Crippen LogP contribution in [0.3, 0.4) is 0 Å². The molecule has 3 aromatic rings. The van der Waals surface area contributed by atoms with Crippen molar-refractivity contribution in [3.63, 3.8) is 0 Å². The number of nitrogen functional groups attached to an aromatic ring is 1. The zero-order valence-electron chi connectivity index (χ0n) is 8.98. The molecule has 0 saturated carbocycles. The Morgan fingerprint density at radius 1 is 1.06 bits per heavy atom. The highest BCUT2D eigenvalue weighted by atomic mass is 32.1. The van der Waals surface area contributed by atoms with Crippen molar-refractivity contribution >= 4 is 27.1 Å². The van der Waals surface area contributed by atoms with Crippen LogP contribution in [0.2, 0.25) is 0 Å². The summed E-state index contributed by atoms with van der Waals surface area (Å²) in [5.41, 5.74) is 7.59. The average Bonchev–Trinajstić information content (AvgIpc) is 2.80. The zero-order chi connectivity index (χ0) is 11.8. The molecule has 0 bridgehead atoms. The lowest BCUT2D eigenvalue weighted by molar-refractivity contribution is 0.633. The summed E-state index contributed by atoms with van der Waals surface area (Å²) < 4.78 is 14.6. The maximum Gasteiger partial charge on any atom is 0.146 e. The lowest BCUT2D eigenvalue weighted by Gasteiger charge is -2.05. The van der Waals surface area contributed by atoms with Crippen LogP contribution in [0, 0.1) is 5.82 Å². The molecular formula is C14H10FNS. The van der Waals surface area contributed by atoms with Crippen molar-refractivity contribution in [1.82, 2.24) is 0 Å². The summed E-state index contributed by atoms with van der Waals surface area (Å²) in [7, 11) is 0. The maximum absolute atomic E-state index is 13.5. The highest BCUT2D eigenvalue weighted by Crippen LogP contribution is 2.33. The van der Waals surface area contributed by atoms with Gasteiger partial charge in [-0.15, -0.1) is 11.3 Å². The second-order valence-electron chi connectivity index (χ2n) is 3.88. The molecular weight excluding hydrogens is 233 g/mol. The summed E-state index contributed by atoms with van der Waals surface area (Å²) in [5, 5.41) is 3.23. The Bertz CT molecular complexity index is 688. The molecule has 0 atom stereocenters. The Morgan fingerprint density at radius 2 is 1.94 bits per heavy atom. The molecule has 3 heteroatoms. The Morgan fingerprint density at radius 3 is 2.76 bits per heavy atom. The molecule has 0 spiro atoms. The summed E-state index contributed by atoms with van der Waals surface area (Å²) in [6, 6.07) is 13.1. The molecule has 84 valence electrons. The first-order valence-electron chi connectivity index (χ1n) is 5.27. The molecule has 0 saturated heterocycles. The maximum atomic E-state index is 13.5. The van der Waals surface area contributed by atoms with Crippen molar-refractivity contribution < 1.29 is 4.39 Å². The second-order valence-corrected chi connectivity index (χ2v) is 4.80. The van der Waals surface area contributed by atoms with E-state index < -0.39 is 0 Å². The summed E-state index contributed by atoms with van der Waals surface area (Å²) in [6.45, 7) is 0. The molecule has 3 rings (SSSR count). The monoisotopic (exact) mass is 243 g/mol. The molecule has 0 amide bonds. The molecule has 0 radical (unpaired) electrons. The van der Waals surface area contributed by atoms with Crippen molar-refractivity contribution in [2.24, 2.45) is 0 Å². The van der Waals surface area contributed by atoms with Gasteiger partial charge >= 0.3 is 0 Å². The van der Waals surface area contributed by atoms with Crippen LogP contribution < -0.4 is 5.73 Å². The first kappa shape index (κ1) is 10.3. The number of anilines is 1. The Kier molecular flexibility index (Phi) is 2.34. The van der Waals surface area contributed by atoms with Crippen LogP contribution in [0.25, 0.3) is 21.2 Å². The first-order valence-corrected chi connectivity index (χ1v) is 6.15. The minimum atomic E-state index is -0.365. The Balaban J connectivity index is 2.26. The summed E-state index contributed by atoms with van der Waals surface area (Å²) >= 11 is 1.67. The minimum Gasteiger partial charge on any atom is -0.396 e. The van der Waals surface area contributed by atoms with E-state index in [2.05, 4.69) is 12.1 Å². The van der Waals surface area contributed by atoms with Gasteiger partial charge in [0.1, 0.15) is 5.82 Å². The lowest BCUT2D eigenvalue weighted by Crippen LogP contribution is -1.90. The largest absolute Gasteiger partial charge is 0.396 e. The van der Waals surface area contributed by atoms with Crippen LogP contribution in [-0.2, 0) is 0 Å². The van der Waals surface area contributed by atoms with Gasteiger partial charge in [0.2, 0.25) is 0 Å². The zero-order valence-corrected chi connectivity index (χ0v) is 9.80. The van der Waals surface area contributed by atoms with Crippen LogP contribution >= 0.6 is 11.3 Å². The molecule has 0 aliphatic heterocycles. The summed E-state index contributed by atoms with van der Waals surface area (Å²) in [4.78, 5) is 0. The number of halogens is 1. The number of benzene rings is 2. The predicted octanol–water partition coefficient (Wildman–Crippen LogP) is 4.29. The fraction of sp³-hybridized carbons (Fsp3) is 0. The van der Waals surface area contributed by atoms with Gasteiger partial charge in [-0.2, -0.15) is 0 Å². The second kappa shape index (κ2) is 3.86. The molecule has 1 heterocycles. The van der Waals surface area contributed by atoms with Crippen molar-refractivity contribution in [2.45, 2.75) is 0 Å². The third-order valence-electron chi connectivity index (χ3n) is 2.79. The average molecular weight is 243 g/mol. The highest BCUT2D eigenvalue weighted by Gasteiger charge is 2.06. The fourth-order valence-corrected chi connectivity index (χ4v) is 2.85. The predicted molar refractivity (Wildman–Crippen MR) is 71.6 cm³/mol. The third kappa shape index (κ3) is 1.68. The molecule has 1 nitrogen and oxygen atoms in total. The van der Waals surface area contributed by atoms with Crippen LogP contribution in [0.15, 0.2) is 47.8 Å². The van der Waals surface area contributed by atoms with Gasteiger partial charge in [-0.3, -0.25) is 0 Å². The SMILES string of the molecule is Nc1ccc(-c2cccc3ccsc23)cc1F. The number of hydrogen-bond acceptors (Lipinski definition) is 2. The molecule has 0 aliphatic rings. The molecule has 2 aromatic carbocycles. The standard InChI is InChI=1S/C14H10FNS/c15-12-8-10(4-5-13(12)16)11-3-1-2-9-6-7-17-14(9)11/h1-8H,16H2. The van der Waals surface area contributed by atoms with E-state index in [4.69, 9.17) is 5.73 Å². The first-order chi connectivity index (χ1) is 8.25. The van der Waals surface area contributed by atoms with E-state index >= 15 is 0 Å². The van der Waals surface area contributed by atoms with E-state index in [1.165, 1.54) is 16.2 Å². The van der Waals surface area contributed by atoms with Crippen molar-refractivity contribution in [1.29, 1.82) is 0 Å². The number of hydrogen-bond donors (Lipinski definition) is 1. The number of fused-ring (bicyclic) bond motifs is 1. The molecule has 0 aliphatic carbocycles. The van der Waals surface area contributed by atoms with E-state index in [0.29, 0.717) is 0 Å². The van der Waals surface area contributed by atoms with Crippen LogP contribution in [0.1, 0.15) is 0 Å². The topological polar surface area (TPSA) is 26.0 Å². The smallest absolute Gasteiger partial charge is 0.146 e. The normalized spacial score (nSPS) is 10.9. The molecule has 0 fully saturated rings. The van der Waals surface area contributed by atoms with Crippen LogP contribution in [0.4, 0.5) is 10.1 Å². The van der Waals surface area contributed by atoms with E-state index in [9.17, 15) is 4.39 Å². The van der Waals surface area contributed by atoms with E-state index in [-0.39, 0.29) is 11.5 Å². The van der Waals surface area contributed by atoms with E-state index in [0.717, 1.165) is 11.1 Å². The van der Waals surface area contributed by atoms with Gasteiger partial charge in [0, 0.05) is 4.70 Å². The van der Waals surface area contributed by atoms with Gasteiger partial charge in [-0.1, -0.05) is 24.3 Å². The van der Waals surface area contributed by atoms with Crippen LogP contribution in [0.5, 0.6) is 0 Å². The Labute approximate surface area is 102 Å². The van der Waals surface area contributed by atoms with Gasteiger partial charge in [0.05, 0.1) is 5.69 Å². The molecule has 1 aromatic heterocycles. The minimum absolute atomic E-state index is 0.187. The van der Waals surface area contributed by atoms with Gasteiger partial charge in [-0.25, -0.2) is 4.39 Å². The van der Waals surface area contributed by atoms with Gasteiger partial charge < -0.3 is 5.73 Å². The molecule has 0 unspecified atom stereocenters. The molecule has 2 N–H and O–H groups in total. The van der Waals surface area contributed by atoms with Crippen molar-refractivity contribution in [3.05, 3.63) is 53.7 Å². The summed E-state index contributed by atoms with van der Waals surface area (Å²) in [5.74, 6) is -0.365. The van der Waals surface area contributed by atoms with E-state index in [1.54, 1.807) is 17.4 Å². The van der Waals surface area contributed by atoms with Crippen molar-refractivity contribution in [3.8, 4) is 11.1 Å². The van der Waals surface area contributed by atoms with Gasteiger partial charge in [0.25, 0.3) is 0 Å². The van der Waals surface area contributed by atoms with Gasteiger partial charge in [-0.05, 0) is 40.1 Å². The third-order valence-corrected chi connectivity index (χ3v) is 3.75. The number of nitrogens with two attached hydrogens (primary N) is 1. The number of thiophene rings is 1. The Hall–Kier alpha value is -1.87. The van der Waals surface area contributed by atoms with E-state index in [1.807, 2.05) is 23.6 Å². The summed E-state index contributed by atoms with van der Waals surface area (Å²) in [6.07, 6.45) is 0. The number of rotatable bonds is 1. The lowest BCUT2D eigenvalue weighted by atomic mass is 10.0. The van der Waals surface area contributed by atoms with Crippen LogP contribution in [-0.4, -0.2) is 0 Å². The van der Waals surface area contributed by atoms with Crippen molar-refractivity contribution in [2.75, 3.05) is 5.73 Å². The highest BCUT2D eigenvalue weighted by molar-refractivity contribution is 7.17. The fourth-order valence-electron chi connectivity index (χ4n) is 1.92. The van der Waals surface area contributed by atoms with Gasteiger partial charge in [0.15, 0.2) is 0 Å². The molecule has 17 heavy (non-hydrogen) atoms.